The van der Waals surface area contributed by atoms with Crippen LogP contribution in [-0.2, 0) is 0 Å². The van der Waals surface area contributed by atoms with E-state index in [4.69, 9.17) is 0 Å². The smallest absolute Gasteiger partial charge is 0.291 e. The second-order valence-electron chi connectivity index (χ2n) is 3.86. The number of carbonyl (C=O) groups is 1. The third kappa shape index (κ3) is 1.99. The van der Waals surface area contributed by atoms with E-state index in [1.807, 2.05) is 0 Å². The molecule has 3 N–H and O–H groups in total. The highest BCUT2D eigenvalue weighted by atomic mass is 16.1. The molecule has 0 aromatic carbocycles. The molecule has 0 unspecified atom stereocenters. The first-order valence-corrected chi connectivity index (χ1v) is 5.25. The summed E-state index contributed by atoms with van der Waals surface area (Å²) in [6.45, 7) is 4.83. The van der Waals surface area contributed by atoms with E-state index < -0.39 is 0 Å². The molecule has 2 heterocycles. The number of aromatic amines is 3. The normalized spacial score (nSPS) is 11.3. The lowest BCUT2D eigenvalue weighted by Crippen LogP contribution is -1.96. The van der Waals surface area contributed by atoms with Crippen LogP contribution in [0.5, 0.6) is 0 Å². The lowest BCUT2D eigenvalue weighted by molar-refractivity contribution is 0.101. The Labute approximate surface area is 102 Å². The SMILES string of the molecule is CC(=O)c1c(N=Nc2c(C)[nH][nH]c2=O)n[nH]c1C. The third-order valence-corrected chi connectivity index (χ3v) is 2.46. The highest BCUT2D eigenvalue weighted by molar-refractivity contribution is 5.99. The van der Waals surface area contributed by atoms with Crippen LogP contribution in [0.2, 0.25) is 0 Å². The molecule has 0 aliphatic rings. The molecule has 0 spiro atoms. The summed E-state index contributed by atoms with van der Waals surface area (Å²) in [5, 5.41) is 19.2. The lowest BCUT2D eigenvalue weighted by atomic mass is 10.2. The number of azo groups is 1. The zero-order valence-corrected chi connectivity index (χ0v) is 10.2. The van der Waals surface area contributed by atoms with Crippen molar-refractivity contribution < 1.29 is 4.79 Å². The Kier molecular flexibility index (Phi) is 2.92. The van der Waals surface area contributed by atoms with E-state index in [-0.39, 0.29) is 22.8 Å². The monoisotopic (exact) mass is 248 g/mol. The molecule has 0 amide bonds. The van der Waals surface area contributed by atoms with E-state index in [0.717, 1.165) is 0 Å². The molecular formula is C10H12N6O2. The fraction of sp³-hybridized carbons (Fsp3) is 0.300. The summed E-state index contributed by atoms with van der Waals surface area (Å²) in [7, 11) is 0. The van der Waals surface area contributed by atoms with Gasteiger partial charge in [0.25, 0.3) is 5.56 Å². The van der Waals surface area contributed by atoms with E-state index in [9.17, 15) is 9.59 Å². The Bertz CT molecular complexity index is 675. The Morgan fingerprint density at radius 1 is 1.17 bits per heavy atom. The van der Waals surface area contributed by atoms with Crippen LogP contribution >= 0.6 is 0 Å². The van der Waals surface area contributed by atoms with Crippen molar-refractivity contribution in [2.75, 3.05) is 0 Å². The summed E-state index contributed by atoms with van der Waals surface area (Å²) in [6.07, 6.45) is 0. The van der Waals surface area contributed by atoms with Crippen LogP contribution in [0.25, 0.3) is 0 Å². The largest absolute Gasteiger partial charge is 0.300 e. The van der Waals surface area contributed by atoms with E-state index in [1.165, 1.54) is 6.92 Å². The van der Waals surface area contributed by atoms with Crippen molar-refractivity contribution in [3.05, 3.63) is 27.3 Å². The number of nitrogens with zero attached hydrogens (tertiary/aromatic N) is 3. The predicted octanol–water partition coefficient (Wildman–Crippen LogP) is 1.66. The summed E-state index contributed by atoms with van der Waals surface area (Å²) in [6, 6.07) is 0. The number of ketones is 1. The fourth-order valence-corrected chi connectivity index (χ4v) is 1.57. The first-order valence-electron chi connectivity index (χ1n) is 5.25. The minimum atomic E-state index is -0.368. The van der Waals surface area contributed by atoms with Crippen LogP contribution in [0, 0.1) is 13.8 Å². The summed E-state index contributed by atoms with van der Waals surface area (Å²) < 4.78 is 0. The summed E-state index contributed by atoms with van der Waals surface area (Å²) in [4.78, 5) is 22.8. The highest BCUT2D eigenvalue weighted by Gasteiger charge is 2.14. The second-order valence-corrected chi connectivity index (χ2v) is 3.86. The zero-order chi connectivity index (χ0) is 13.3. The van der Waals surface area contributed by atoms with Crippen molar-refractivity contribution in [3.63, 3.8) is 0 Å². The Hall–Kier alpha value is -2.51. The van der Waals surface area contributed by atoms with Crippen LogP contribution in [0.15, 0.2) is 15.0 Å². The van der Waals surface area contributed by atoms with Gasteiger partial charge in [0.05, 0.1) is 11.3 Å². The van der Waals surface area contributed by atoms with Crippen LogP contribution in [0.1, 0.15) is 28.7 Å². The molecule has 2 rings (SSSR count). The summed E-state index contributed by atoms with van der Waals surface area (Å²) in [5.41, 5.74) is 1.37. The maximum Gasteiger partial charge on any atom is 0.291 e. The Morgan fingerprint density at radius 2 is 1.89 bits per heavy atom. The molecule has 0 bridgehead atoms. The summed E-state index contributed by atoms with van der Waals surface area (Å²) in [5.74, 6) is 0.0231. The Balaban J connectivity index is 2.41. The molecular weight excluding hydrogens is 236 g/mol. The topological polar surface area (TPSA) is 119 Å². The average molecular weight is 248 g/mol. The number of Topliss-reactive ketones (excluding diaryl/α,β-unsaturated/α-hetero) is 1. The lowest BCUT2D eigenvalue weighted by Gasteiger charge is -1.92. The molecule has 18 heavy (non-hydrogen) atoms. The minimum Gasteiger partial charge on any atom is -0.300 e. The van der Waals surface area contributed by atoms with E-state index in [0.29, 0.717) is 17.0 Å². The van der Waals surface area contributed by atoms with Crippen molar-refractivity contribution in [3.8, 4) is 0 Å². The zero-order valence-electron chi connectivity index (χ0n) is 10.2. The molecule has 0 radical (unpaired) electrons. The van der Waals surface area contributed by atoms with Gasteiger partial charge in [-0.05, 0) is 20.8 Å². The van der Waals surface area contributed by atoms with Crippen LogP contribution in [0.3, 0.4) is 0 Å². The Morgan fingerprint density at radius 3 is 2.44 bits per heavy atom. The van der Waals surface area contributed by atoms with Gasteiger partial charge in [-0.1, -0.05) is 0 Å². The first kappa shape index (κ1) is 12.0. The van der Waals surface area contributed by atoms with Crippen molar-refractivity contribution in [1.29, 1.82) is 0 Å². The van der Waals surface area contributed by atoms with E-state index >= 15 is 0 Å². The van der Waals surface area contributed by atoms with E-state index in [1.54, 1.807) is 13.8 Å². The number of hydrogen-bond acceptors (Lipinski definition) is 5. The highest BCUT2D eigenvalue weighted by Crippen LogP contribution is 2.22. The van der Waals surface area contributed by atoms with Crippen molar-refractivity contribution in [1.82, 2.24) is 20.4 Å². The van der Waals surface area contributed by atoms with Gasteiger partial charge in [-0.2, -0.15) is 5.10 Å². The number of hydrogen-bond donors (Lipinski definition) is 3. The molecule has 8 heteroatoms. The van der Waals surface area contributed by atoms with Gasteiger partial charge >= 0.3 is 0 Å². The molecule has 94 valence electrons. The van der Waals surface area contributed by atoms with Crippen LogP contribution < -0.4 is 5.56 Å². The number of rotatable bonds is 3. The molecule has 0 saturated carbocycles. The van der Waals surface area contributed by atoms with Crippen LogP contribution in [0.4, 0.5) is 11.5 Å². The fourth-order valence-electron chi connectivity index (χ4n) is 1.57. The quantitative estimate of drug-likeness (QED) is 0.565. The molecule has 0 aliphatic heterocycles. The third-order valence-electron chi connectivity index (χ3n) is 2.46. The number of H-pyrrole nitrogens is 3. The maximum absolute atomic E-state index is 11.4. The molecule has 2 aromatic heterocycles. The number of carbonyl (C=O) groups excluding carboxylic acids is 1. The number of aromatic nitrogens is 4. The molecule has 0 fully saturated rings. The molecule has 2 aromatic rings. The maximum atomic E-state index is 11.4. The van der Waals surface area contributed by atoms with Crippen molar-refractivity contribution in [2.45, 2.75) is 20.8 Å². The van der Waals surface area contributed by atoms with Gasteiger partial charge < -0.3 is 5.10 Å². The van der Waals surface area contributed by atoms with Gasteiger partial charge in [-0.15, -0.1) is 10.2 Å². The van der Waals surface area contributed by atoms with Crippen molar-refractivity contribution in [2.24, 2.45) is 10.2 Å². The van der Waals surface area contributed by atoms with Crippen LogP contribution in [-0.4, -0.2) is 26.2 Å². The molecule has 0 atom stereocenters. The minimum absolute atomic E-state index is 0.157. The van der Waals surface area contributed by atoms with Gasteiger partial charge in [0.1, 0.15) is 0 Å². The second kappa shape index (κ2) is 4.40. The number of aryl methyl sites for hydroxylation is 2. The van der Waals surface area contributed by atoms with Gasteiger partial charge in [0.2, 0.25) is 5.82 Å². The van der Waals surface area contributed by atoms with E-state index in [2.05, 4.69) is 30.6 Å². The standard InChI is InChI=1S/C10H12N6O2/c1-4-7(6(3)17)9(14-11-4)15-13-8-5(2)12-16-10(8)18/h1-3H3,(H,11,14)(H2,12,16,18). The van der Waals surface area contributed by atoms with Gasteiger partial charge in [0.15, 0.2) is 11.5 Å². The van der Waals surface area contributed by atoms with Gasteiger partial charge in [-0.3, -0.25) is 19.8 Å². The predicted molar refractivity (Wildman–Crippen MR) is 63.7 cm³/mol. The molecule has 0 saturated heterocycles. The van der Waals surface area contributed by atoms with Gasteiger partial charge in [-0.25, -0.2) is 0 Å². The number of nitrogens with one attached hydrogen (secondary N) is 3. The van der Waals surface area contributed by atoms with Crippen molar-refractivity contribution >= 4 is 17.3 Å². The molecule has 0 aliphatic carbocycles. The first-order chi connectivity index (χ1) is 8.50. The average Bonchev–Trinajstić information content (AvgIpc) is 2.81. The summed E-state index contributed by atoms with van der Waals surface area (Å²) >= 11 is 0. The van der Waals surface area contributed by atoms with Gasteiger partial charge in [0, 0.05) is 5.69 Å². The molecule has 8 nitrogen and oxygen atoms in total.